The predicted octanol–water partition coefficient (Wildman–Crippen LogP) is 7.33. The van der Waals surface area contributed by atoms with E-state index in [9.17, 15) is 38.7 Å². The van der Waals surface area contributed by atoms with Crippen molar-refractivity contribution in [2.45, 2.75) is 193 Å². The zero-order valence-electron chi connectivity index (χ0n) is 51.8. The van der Waals surface area contributed by atoms with Gasteiger partial charge in [0.15, 0.2) is 12.2 Å². The third-order valence-corrected chi connectivity index (χ3v) is 14.0. The molecule has 2 aliphatic heterocycles. The van der Waals surface area contributed by atoms with E-state index in [0.717, 1.165) is 16.7 Å². The first-order valence-electron chi connectivity index (χ1n) is 28.7. The quantitative estimate of drug-likeness (QED) is 0.0784. The van der Waals surface area contributed by atoms with Crippen molar-refractivity contribution in [2.24, 2.45) is 27.1 Å². The Morgan fingerprint density at radius 1 is 0.610 bits per heavy atom. The number of piperazine rings is 1. The number of esters is 5. The molecule has 3 aromatic rings. The monoisotopic (exact) mass is 1150 g/mol. The molecule has 82 heavy (non-hydrogen) atoms. The molecule has 0 radical (unpaired) electrons. The molecule has 20 heteroatoms. The first kappa shape index (κ1) is 66.7. The fraction of sp³-hybridized carbons (Fsp3) is 0.677. The molecule has 1 aromatic heterocycles. The average Bonchev–Trinajstić information content (AvgIpc) is 3.84. The van der Waals surface area contributed by atoms with Crippen LogP contribution >= 0.6 is 0 Å². The Hall–Kier alpha value is -6.12. The molecule has 0 saturated carbocycles. The number of aromatic nitrogens is 2. The molecule has 5 rings (SSSR count). The van der Waals surface area contributed by atoms with E-state index < -0.39 is 99.8 Å². The molecule has 20 nitrogen and oxygen atoms in total. The fourth-order valence-corrected chi connectivity index (χ4v) is 8.84. The molecule has 2 fully saturated rings. The number of fused-ring (bicyclic) bond motifs is 1. The number of hydrogen-bond acceptors (Lipinski definition) is 17. The zero-order chi connectivity index (χ0) is 61.3. The number of aliphatic hydroxyl groups excluding tert-OH is 1. The molecule has 2 saturated heterocycles. The molecule has 0 unspecified atom stereocenters. The van der Waals surface area contributed by atoms with Crippen LogP contribution in [-0.2, 0) is 87.8 Å². The van der Waals surface area contributed by atoms with Crippen molar-refractivity contribution < 1.29 is 71.8 Å². The van der Waals surface area contributed by atoms with E-state index in [4.69, 9.17) is 38.3 Å². The summed E-state index contributed by atoms with van der Waals surface area (Å²) in [6, 6.07) is 13.8. The van der Waals surface area contributed by atoms with Crippen LogP contribution in [0.3, 0.4) is 0 Å². The summed E-state index contributed by atoms with van der Waals surface area (Å²) in [5.41, 5.74) is -2.53. The number of nitrogens with zero attached hydrogens (tertiary/aromatic N) is 4. The van der Waals surface area contributed by atoms with Crippen LogP contribution in [0.2, 0.25) is 0 Å². The number of β-amino-alcohol motifs (C(OH)–C–C–N with tert-alkyl or cyclic N) is 1. The molecule has 3 heterocycles. The van der Waals surface area contributed by atoms with Crippen molar-refractivity contribution in [3.63, 3.8) is 0 Å². The van der Waals surface area contributed by atoms with Gasteiger partial charge in [0.2, 0.25) is 30.1 Å². The second-order valence-corrected chi connectivity index (χ2v) is 27.3. The average molecular weight is 1150 g/mol. The Bertz CT molecular complexity index is 2710. The van der Waals surface area contributed by atoms with Crippen molar-refractivity contribution in [1.82, 2.24) is 24.9 Å². The minimum absolute atomic E-state index is 0.0328. The van der Waals surface area contributed by atoms with Gasteiger partial charge in [0.1, 0.15) is 24.9 Å². The summed E-state index contributed by atoms with van der Waals surface area (Å²) in [6.45, 7) is 31.3. The Labute approximate surface area is 484 Å². The van der Waals surface area contributed by atoms with Gasteiger partial charge in [-0.3, -0.25) is 43.1 Å². The SMILES string of the molecule is CC(C)(C)C(=O)OCCn1nc(O[C@@H]2O[C@H](COC(=O)C(C)(C)C)[C@@H](OC(=O)C(C)(C)C)[C@H](OC(=O)C(C)(C)C)[C@H]2OC(=O)C(C)(C)C)c2c(CCc3ccc(CCCC(=O)NC(C)(C)C(=O)N4CCN(CCO)CC4)cc3)cccc21. The third-order valence-electron chi connectivity index (χ3n) is 14.0. The maximum absolute atomic E-state index is 14.1. The van der Waals surface area contributed by atoms with Gasteiger partial charge in [0, 0.05) is 39.1 Å². The van der Waals surface area contributed by atoms with Crippen LogP contribution in [0.5, 0.6) is 5.88 Å². The van der Waals surface area contributed by atoms with Gasteiger partial charge in [-0.1, -0.05) is 36.4 Å². The van der Waals surface area contributed by atoms with E-state index in [-0.39, 0.29) is 43.9 Å². The highest BCUT2D eigenvalue weighted by Gasteiger charge is 2.56. The number of ether oxygens (including phenoxy) is 7. The number of benzene rings is 2. The molecule has 2 aromatic carbocycles. The molecule has 2 amide bonds. The van der Waals surface area contributed by atoms with Gasteiger partial charge in [-0.15, -0.1) is 5.10 Å². The number of carbonyl (C=O) groups excluding carboxylic acids is 7. The van der Waals surface area contributed by atoms with Gasteiger partial charge in [-0.25, -0.2) is 0 Å². The number of rotatable bonds is 21. The maximum atomic E-state index is 14.1. The number of amides is 2. The Kier molecular flexibility index (Phi) is 22.0. The van der Waals surface area contributed by atoms with Crippen molar-refractivity contribution in [3.05, 3.63) is 59.2 Å². The Morgan fingerprint density at radius 2 is 1.12 bits per heavy atom. The lowest BCUT2D eigenvalue weighted by atomic mass is 9.93. The largest absolute Gasteiger partial charge is 0.463 e. The number of aryl methyl sites for hydroxylation is 3. The van der Waals surface area contributed by atoms with Gasteiger partial charge < -0.3 is 48.5 Å². The van der Waals surface area contributed by atoms with E-state index in [0.29, 0.717) is 69.3 Å². The lowest BCUT2D eigenvalue weighted by Gasteiger charge is -2.45. The zero-order valence-corrected chi connectivity index (χ0v) is 51.8. The molecular weight excluding hydrogens is 1050 g/mol. The summed E-state index contributed by atoms with van der Waals surface area (Å²) in [5.74, 6) is -3.42. The van der Waals surface area contributed by atoms with E-state index in [1.165, 1.54) is 0 Å². The minimum Gasteiger partial charge on any atom is -0.463 e. The standard InChI is InChI=1S/C62H93N5O15/c1-57(2,3)52(71)76-37-35-67-42-22-19-21-41(29-28-40-26-24-39(25-27-40)20-18-23-44(69)63-62(16,17)51(70)66-32-30-65(31-33-66)34-36-68)45(42)49(64-67)82-50-48(81-56(75)61(13,14)15)47(80-55(74)60(10,11)12)46(79-54(73)59(7,8)9)43(78-50)38-77-53(72)58(4,5)6/h19,21-22,24-27,43,46-48,50,68H,18,20,23,28-38H2,1-17H3,(H,63,69)/t43-,46-,47+,48-,50+/m1/s1. The van der Waals surface area contributed by atoms with Gasteiger partial charge >= 0.3 is 29.8 Å². The molecule has 2 N–H and O–H groups in total. The van der Waals surface area contributed by atoms with Crippen LogP contribution in [0.1, 0.15) is 147 Å². The van der Waals surface area contributed by atoms with Crippen LogP contribution in [-0.4, -0.2) is 155 Å². The van der Waals surface area contributed by atoms with Crippen molar-refractivity contribution in [2.75, 3.05) is 52.5 Å². The molecule has 2 aliphatic rings. The molecular formula is C62H93N5O15. The highest BCUT2D eigenvalue weighted by Crippen LogP contribution is 2.38. The summed E-state index contributed by atoms with van der Waals surface area (Å²) in [4.78, 5) is 98.6. The number of carbonyl (C=O) groups is 7. The minimum atomic E-state index is -1.62. The van der Waals surface area contributed by atoms with E-state index in [1.54, 1.807) is 127 Å². The normalized spacial score (nSPS) is 19.5. The van der Waals surface area contributed by atoms with Gasteiger partial charge in [-0.05, 0) is 166 Å². The third kappa shape index (κ3) is 18.4. The molecule has 0 bridgehead atoms. The number of nitrogens with one attached hydrogen (secondary N) is 1. The van der Waals surface area contributed by atoms with Gasteiger partial charge in [-0.2, -0.15) is 0 Å². The van der Waals surface area contributed by atoms with E-state index >= 15 is 0 Å². The second kappa shape index (κ2) is 27.1. The summed E-state index contributed by atoms with van der Waals surface area (Å²) < 4.78 is 45.4. The Balaban J connectivity index is 1.47. The van der Waals surface area contributed by atoms with E-state index in [1.807, 2.05) is 42.5 Å². The smallest absolute Gasteiger partial charge is 0.311 e. The summed E-state index contributed by atoms with van der Waals surface area (Å²) in [5, 5.41) is 17.7. The summed E-state index contributed by atoms with van der Waals surface area (Å²) in [6.07, 6.45) is -5.08. The molecule has 0 spiro atoms. The second-order valence-electron chi connectivity index (χ2n) is 27.3. The summed E-state index contributed by atoms with van der Waals surface area (Å²) >= 11 is 0. The van der Waals surface area contributed by atoms with Crippen LogP contribution in [0.15, 0.2) is 42.5 Å². The molecule has 5 atom stereocenters. The van der Waals surface area contributed by atoms with Crippen molar-refractivity contribution >= 4 is 52.6 Å². The fourth-order valence-electron chi connectivity index (χ4n) is 8.84. The molecule has 0 aliphatic carbocycles. The summed E-state index contributed by atoms with van der Waals surface area (Å²) in [7, 11) is 0. The molecule has 456 valence electrons. The van der Waals surface area contributed by atoms with Gasteiger partial charge in [0.25, 0.3) is 0 Å². The lowest BCUT2D eigenvalue weighted by Crippen LogP contribution is -2.65. The lowest BCUT2D eigenvalue weighted by molar-refractivity contribution is -0.294. The highest BCUT2D eigenvalue weighted by atomic mass is 16.7. The number of hydrogen-bond donors (Lipinski definition) is 2. The van der Waals surface area contributed by atoms with Crippen LogP contribution in [0.25, 0.3) is 10.9 Å². The van der Waals surface area contributed by atoms with Crippen molar-refractivity contribution in [3.8, 4) is 5.88 Å². The van der Waals surface area contributed by atoms with E-state index in [2.05, 4.69) is 10.2 Å². The number of aliphatic hydroxyl groups is 1. The van der Waals surface area contributed by atoms with Crippen LogP contribution in [0, 0.1) is 27.1 Å². The maximum Gasteiger partial charge on any atom is 0.311 e. The van der Waals surface area contributed by atoms with Crippen LogP contribution in [0.4, 0.5) is 0 Å². The predicted molar refractivity (Wildman–Crippen MR) is 307 cm³/mol. The highest BCUT2D eigenvalue weighted by molar-refractivity contribution is 5.91. The first-order chi connectivity index (χ1) is 37.9. The topological polar surface area (TPSA) is 241 Å². The van der Waals surface area contributed by atoms with Crippen molar-refractivity contribution in [1.29, 1.82) is 0 Å². The Morgan fingerprint density at radius 3 is 1.66 bits per heavy atom. The first-order valence-corrected chi connectivity index (χ1v) is 28.7. The van der Waals surface area contributed by atoms with Crippen LogP contribution < -0.4 is 10.1 Å². The van der Waals surface area contributed by atoms with Gasteiger partial charge in [0.05, 0.1) is 51.1 Å².